The highest BCUT2D eigenvalue weighted by Gasteiger charge is 2.23. The molecule has 6 nitrogen and oxygen atoms in total. The first kappa shape index (κ1) is 16.5. The minimum absolute atomic E-state index is 0.0918. The Morgan fingerprint density at radius 1 is 1.12 bits per heavy atom. The van der Waals surface area contributed by atoms with Gasteiger partial charge in [0.1, 0.15) is 0 Å². The van der Waals surface area contributed by atoms with Crippen molar-refractivity contribution in [2.75, 3.05) is 30.5 Å². The maximum absolute atomic E-state index is 5.33. The summed E-state index contributed by atoms with van der Waals surface area (Å²) in [7, 11) is 1.68. The van der Waals surface area contributed by atoms with Gasteiger partial charge in [-0.3, -0.25) is 4.98 Å². The van der Waals surface area contributed by atoms with Gasteiger partial charge in [0.2, 0.25) is 5.95 Å². The molecule has 26 heavy (non-hydrogen) atoms. The molecule has 1 aliphatic heterocycles. The van der Waals surface area contributed by atoms with Crippen LogP contribution in [0.5, 0.6) is 0 Å². The van der Waals surface area contributed by atoms with E-state index in [9.17, 15) is 0 Å². The number of anilines is 3. The van der Waals surface area contributed by atoms with E-state index in [1.165, 1.54) is 5.69 Å². The largest absolute Gasteiger partial charge is 0.382 e. The molecular weight excluding hydrogens is 326 g/mol. The number of pyridine rings is 1. The van der Waals surface area contributed by atoms with Gasteiger partial charge < -0.3 is 15.0 Å². The fourth-order valence-electron chi connectivity index (χ4n) is 3.21. The van der Waals surface area contributed by atoms with Crippen LogP contribution in [0.25, 0.3) is 0 Å². The van der Waals surface area contributed by atoms with Crippen LogP contribution in [0, 0.1) is 0 Å². The van der Waals surface area contributed by atoms with Crippen LogP contribution in [0.4, 0.5) is 17.3 Å². The van der Waals surface area contributed by atoms with Crippen LogP contribution in [0.1, 0.15) is 17.4 Å². The molecule has 3 heterocycles. The molecule has 1 aliphatic rings. The minimum Gasteiger partial charge on any atom is -0.382 e. The summed E-state index contributed by atoms with van der Waals surface area (Å²) in [6.07, 6.45) is 4.58. The second-order valence-corrected chi connectivity index (χ2v) is 6.17. The van der Waals surface area contributed by atoms with Crippen molar-refractivity contribution in [3.63, 3.8) is 0 Å². The summed E-state index contributed by atoms with van der Waals surface area (Å²) in [5.41, 5.74) is 4.21. The predicted molar refractivity (Wildman–Crippen MR) is 102 cm³/mol. The van der Waals surface area contributed by atoms with Crippen molar-refractivity contribution in [3.05, 3.63) is 72.3 Å². The molecule has 0 amide bonds. The average Bonchev–Trinajstić information content (AvgIpc) is 3.12. The highest BCUT2D eigenvalue weighted by molar-refractivity contribution is 5.68. The molecule has 1 atom stereocenters. The number of methoxy groups -OCH3 is 1. The monoisotopic (exact) mass is 347 g/mol. The number of fused-ring (bicyclic) bond motifs is 1. The highest BCUT2D eigenvalue weighted by Crippen LogP contribution is 2.33. The summed E-state index contributed by atoms with van der Waals surface area (Å²) in [5, 5.41) is 3.35. The molecule has 0 unspecified atom stereocenters. The molecule has 0 aliphatic carbocycles. The molecule has 6 heteroatoms. The third kappa shape index (κ3) is 3.36. The van der Waals surface area contributed by atoms with Crippen molar-refractivity contribution in [2.45, 2.75) is 12.5 Å². The van der Waals surface area contributed by atoms with Crippen molar-refractivity contribution in [1.29, 1.82) is 0 Å². The lowest BCUT2D eigenvalue weighted by Gasteiger charge is -2.20. The Morgan fingerprint density at radius 3 is 2.73 bits per heavy atom. The Hall–Kier alpha value is -2.99. The van der Waals surface area contributed by atoms with Gasteiger partial charge in [-0.05, 0) is 24.3 Å². The van der Waals surface area contributed by atoms with Crippen molar-refractivity contribution in [3.8, 4) is 0 Å². The molecule has 0 fully saturated rings. The molecule has 3 aromatic rings. The topological polar surface area (TPSA) is 63.2 Å². The average molecular weight is 347 g/mol. The summed E-state index contributed by atoms with van der Waals surface area (Å²) in [6.45, 7) is 1.41. The van der Waals surface area contributed by atoms with E-state index in [1.807, 2.05) is 42.6 Å². The van der Waals surface area contributed by atoms with Crippen LogP contribution in [0.2, 0.25) is 0 Å². The molecule has 1 N–H and O–H groups in total. The lowest BCUT2D eigenvalue weighted by atomic mass is 10.2. The quantitative estimate of drug-likeness (QED) is 0.738. The second-order valence-electron chi connectivity index (χ2n) is 6.17. The molecule has 0 saturated carbocycles. The predicted octanol–water partition coefficient (Wildman–Crippen LogP) is 3.37. The molecule has 4 rings (SSSR count). The summed E-state index contributed by atoms with van der Waals surface area (Å²) in [4.78, 5) is 15.9. The molecule has 0 bridgehead atoms. The zero-order valence-corrected chi connectivity index (χ0v) is 14.7. The molecule has 0 radical (unpaired) electrons. The molecule has 0 saturated heterocycles. The zero-order chi connectivity index (χ0) is 17.8. The number of ether oxygens (including phenoxy) is 1. The summed E-state index contributed by atoms with van der Waals surface area (Å²) >= 11 is 0. The molecule has 0 spiro atoms. The Kier molecular flexibility index (Phi) is 4.75. The van der Waals surface area contributed by atoms with Gasteiger partial charge in [0, 0.05) is 32.0 Å². The van der Waals surface area contributed by atoms with Crippen molar-refractivity contribution >= 4 is 17.3 Å². The standard InChI is InChI=1S/C20H21N5O/c1-26-14-18(16-9-5-6-11-21-16)24-20-22-13-19-17(23-20)10-12-25(19)15-7-3-2-4-8-15/h2-9,11,13,18H,10,12,14H2,1H3,(H,22,23,24)/t18-/m1/s1. The zero-order valence-electron chi connectivity index (χ0n) is 14.7. The summed E-state index contributed by atoms with van der Waals surface area (Å²) < 4.78 is 5.33. The first-order valence-electron chi connectivity index (χ1n) is 8.70. The number of aromatic nitrogens is 3. The molecule has 2 aromatic heterocycles. The van der Waals surface area contributed by atoms with E-state index >= 15 is 0 Å². The van der Waals surface area contributed by atoms with Gasteiger partial charge in [0.25, 0.3) is 0 Å². The Labute approximate surface area is 152 Å². The third-order valence-electron chi connectivity index (χ3n) is 4.46. The lowest BCUT2D eigenvalue weighted by Crippen LogP contribution is -2.19. The molecular formula is C20H21N5O. The van der Waals surface area contributed by atoms with E-state index in [1.54, 1.807) is 13.3 Å². The number of nitrogens with zero attached hydrogens (tertiary/aromatic N) is 4. The van der Waals surface area contributed by atoms with Crippen molar-refractivity contribution < 1.29 is 4.74 Å². The van der Waals surface area contributed by atoms with E-state index in [2.05, 4.69) is 32.3 Å². The van der Waals surface area contributed by atoms with E-state index < -0.39 is 0 Å². The Morgan fingerprint density at radius 2 is 1.96 bits per heavy atom. The van der Waals surface area contributed by atoms with Gasteiger partial charge >= 0.3 is 0 Å². The van der Waals surface area contributed by atoms with Gasteiger partial charge in [0.15, 0.2) is 0 Å². The maximum atomic E-state index is 5.33. The fraction of sp³-hybridized carbons (Fsp3) is 0.250. The van der Waals surface area contributed by atoms with E-state index in [0.717, 1.165) is 30.0 Å². The number of hydrogen-bond acceptors (Lipinski definition) is 6. The van der Waals surface area contributed by atoms with Crippen LogP contribution >= 0.6 is 0 Å². The third-order valence-corrected chi connectivity index (χ3v) is 4.46. The van der Waals surface area contributed by atoms with Gasteiger partial charge in [-0.1, -0.05) is 24.3 Å². The number of hydrogen-bond donors (Lipinski definition) is 1. The van der Waals surface area contributed by atoms with Crippen LogP contribution in [0.15, 0.2) is 60.9 Å². The van der Waals surface area contributed by atoms with Crippen LogP contribution in [0.3, 0.4) is 0 Å². The first-order chi connectivity index (χ1) is 12.8. The maximum Gasteiger partial charge on any atom is 0.223 e. The summed E-state index contributed by atoms with van der Waals surface area (Å²) in [6, 6.07) is 16.1. The normalized spacial score (nSPS) is 14.1. The van der Waals surface area contributed by atoms with Crippen molar-refractivity contribution in [1.82, 2.24) is 15.0 Å². The Bertz CT molecular complexity index is 857. The first-order valence-corrected chi connectivity index (χ1v) is 8.70. The van der Waals surface area contributed by atoms with Crippen LogP contribution in [-0.2, 0) is 11.2 Å². The number of para-hydroxylation sites is 1. The lowest BCUT2D eigenvalue weighted by molar-refractivity contribution is 0.185. The molecule has 132 valence electrons. The number of nitrogens with one attached hydrogen (secondary N) is 1. The number of rotatable bonds is 6. The van der Waals surface area contributed by atoms with E-state index in [-0.39, 0.29) is 6.04 Å². The Balaban J connectivity index is 1.56. The second kappa shape index (κ2) is 7.49. The van der Waals surface area contributed by atoms with Crippen molar-refractivity contribution in [2.24, 2.45) is 0 Å². The van der Waals surface area contributed by atoms with Gasteiger partial charge in [-0.2, -0.15) is 0 Å². The summed E-state index contributed by atoms with van der Waals surface area (Å²) in [5.74, 6) is 0.603. The smallest absolute Gasteiger partial charge is 0.223 e. The number of benzene rings is 1. The fourth-order valence-corrected chi connectivity index (χ4v) is 3.21. The SMILES string of the molecule is COC[C@@H](Nc1ncc2c(n1)CCN2c1ccccc1)c1ccccn1. The van der Waals surface area contributed by atoms with Crippen LogP contribution in [-0.4, -0.2) is 35.2 Å². The minimum atomic E-state index is -0.0918. The van der Waals surface area contributed by atoms with Gasteiger partial charge in [0.05, 0.1) is 35.9 Å². The van der Waals surface area contributed by atoms with E-state index in [4.69, 9.17) is 9.72 Å². The highest BCUT2D eigenvalue weighted by atomic mass is 16.5. The van der Waals surface area contributed by atoms with E-state index in [0.29, 0.717) is 12.6 Å². The molecule has 1 aromatic carbocycles. The van der Waals surface area contributed by atoms with Gasteiger partial charge in [-0.15, -0.1) is 0 Å². The van der Waals surface area contributed by atoms with Gasteiger partial charge in [-0.25, -0.2) is 9.97 Å². The van der Waals surface area contributed by atoms with Crippen LogP contribution < -0.4 is 10.2 Å².